The molecule has 2 N–H and O–H groups in total. The molecule has 142 valence electrons. The molecule has 2 atom stereocenters. The fourth-order valence-corrected chi connectivity index (χ4v) is 5.35. The third kappa shape index (κ3) is 4.83. The van der Waals surface area contributed by atoms with Crippen molar-refractivity contribution < 1.29 is 8.42 Å². The number of nitrogens with zero attached hydrogens (tertiary/aromatic N) is 2. The van der Waals surface area contributed by atoms with E-state index in [1.807, 2.05) is 6.20 Å². The zero-order valence-corrected chi connectivity index (χ0v) is 16.5. The predicted molar refractivity (Wildman–Crippen MR) is 99.8 cm³/mol. The van der Waals surface area contributed by atoms with Gasteiger partial charge in [-0.25, -0.2) is 13.1 Å². The second-order valence-corrected chi connectivity index (χ2v) is 10.0. The van der Waals surface area contributed by atoms with E-state index in [0.29, 0.717) is 17.8 Å². The van der Waals surface area contributed by atoms with E-state index in [4.69, 9.17) is 0 Å². The number of sulfonamides is 1. The Morgan fingerprint density at radius 2 is 2.00 bits per heavy atom. The van der Waals surface area contributed by atoms with E-state index >= 15 is 0 Å². The summed E-state index contributed by atoms with van der Waals surface area (Å²) in [6, 6.07) is 0.0000292. The Morgan fingerprint density at radius 3 is 2.64 bits per heavy atom. The molecule has 7 heteroatoms. The minimum atomic E-state index is -3.18. The summed E-state index contributed by atoms with van der Waals surface area (Å²) < 4.78 is 26.2. The Balaban J connectivity index is 1.68. The van der Waals surface area contributed by atoms with E-state index in [-0.39, 0.29) is 6.04 Å². The molecule has 1 aliphatic heterocycles. The van der Waals surface area contributed by atoms with Gasteiger partial charge in [-0.1, -0.05) is 33.1 Å². The number of H-pyrrole nitrogens is 1. The van der Waals surface area contributed by atoms with Crippen LogP contribution in [0.2, 0.25) is 0 Å². The Bertz CT molecular complexity index is 664. The molecule has 3 rings (SSSR count). The van der Waals surface area contributed by atoms with Crippen molar-refractivity contribution in [2.45, 2.75) is 64.5 Å². The fraction of sp³-hybridized carbons (Fsp3) is 0.833. The lowest BCUT2D eigenvalue weighted by Crippen LogP contribution is -2.41. The minimum Gasteiger partial charge on any atom is -0.297 e. The molecule has 1 aliphatic carbocycles. The number of hydrogen-bond donors (Lipinski definition) is 2. The summed E-state index contributed by atoms with van der Waals surface area (Å²) in [5.41, 5.74) is 2.59. The van der Waals surface area contributed by atoms with Crippen molar-refractivity contribution in [1.29, 1.82) is 0 Å². The van der Waals surface area contributed by atoms with Gasteiger partial charge in [-0.2, -0.15) is 5.10 Å². The minimum absolute atomic E-state index is 0.0000292. The zero-order chi connectivity index (χ0) is 18.0. The third-order valence-corrected chi connectivity index (χ3v) is 6.55. The second kappa shape index (κ2) is 7.76. The molecule has 0 bridgehead atoms. The molecular formula is C18H32N4O2S. The Morgan fingerprint density at radius 1 is 1.28 bits per heavy atom. The summed E-state index contributed by atoms with van der Waals surface area (Å²) in [4.78, 5) is 2.38. The molecule has 0 spiro atoms. The molecule has 0 radical (unpaired) electrons. The van der Waals surface area contributed by atoms with Crippen molar-refractivity contribution in [3.63, 3.8) is 0 Å². The highest BCUT2D eigenvalue weighted by Gasteiger charge is 2.36. The first-order valence-corrected chi connectivity index (χ1v) is 11.4. The fourth-order valence-electron chi connectivity index (χ4n) is 4.55. The van der Waals surface area contributed by atoms with Gasteiger partial charge in [0.25, 0.3) is 0 Å². The molecular weight excluding hydrogens is 336 g/mol. The highest BCUT2D eigenvalue weighted by molar-refractivity contribution is 7.88. The van der Waals surface area contributed by atoms with Gasteiger partial charge in [0.2, 0.25) is 10.0 Å². The predicted octanol–water partition coefficient (Wildman–Crippen LogP) is 2.46. The highest BCUT2D eigenvalue weighted by atomic mass is 32.2. The van der Waals surface area contributed by atoms with Crippen LogP contribution in [0.3, 0.4) is 0 Å². The Hall–Kier alpha value is -0.920. The molecule has 0 amide bonds. The van der Waals surface area contributed by atoms with Gasteiger partial charge in [0.1, 0.15) is 0 Å². The zero-order valence-electron chi connectivity index (χ0n) is 15.7. The van der Waals surface area contributed by atoms with E-state index in [0.717, 1.165) is 19.6 Å². The molecule has 6 nitrogen and oxygen atoms in total. The second-order valence-electron chi connectivity index (χ2n) is 8.24. The smallest absolute Gasteiger partial charge is 0.209 e. The summed E-state index contributed by atoms with van der Waals surface area (Å²) >= 11 is 0. The van der Waals surface area contributed by atoms with Crippen molar-refractivity contribution in [1.82, 2.24) is 19.8 Å². The van der Waals surface area contributed by atoms with Gasteiger partial charge >= 0.3 is 0 Å². The summed E-state index contributed by atoms with van der Waals surface area (Å²) in [6.07, 6.45) is 9.69. The monoisotopic (exact) mass is 368 g/mol. The van der Waals surface area contributed by atoms with E-state index < -0.39 is 10.0 Å². The van der Waals surface area contributed by atoms with Gasteiger partial charge in [0.15, 0.2) is 0 Å². The number of rotatable bonds is 6. The molecule has 1 aromatic rings. The number of aromatic amines is 1. The number of hydrogen-bond acceptors (Lipinski definition) is 4. The van der Waals surface area contributed by atoms with E-state index in [1.165, 1.54) is 49.6 Å². The molecule has 2 aliphatic rings. The number of nitrogens with one attached hydrogen (secondary N) is 2. The van der Waals surface area contributed by atoms with Gasteiger partial charge in [-0.15, -0.1) is 0 Å². The van der Waals surface area contributed by atoms with E-state index in [1.54, 1.807) is 0 Å². The first-order valence-electron chi connectivity index (χ1n) is 9.55. The van der Waals surface area contributed by atoms with Gasteiger partial charge in [0.05, 0.1) is 12.5 Å². The molecule has 2 heterocycles. The average molecular weight is 369 g/mol. The summed E-state index contributed by atoms with van der Waals surface area (Å²) in [7, 11) is -3.18. The molecule has 25 heavy (non-hydrogen) atoms. The average Bonchev–Trinajstić information content (AvgIpc) is 3.14. The molecule has 0 unspecified atom stereocenters. The van der Waals surface area contributed by atoms with Crippen molar-refractivity contribution >= 4 is 10.0 Å². The number of likely N-dealkylation sites (tertiary alicyclic amines) is 1. The normalized spacial score (nSPS) is 26.6. The van der Waals surface area contributed by atoms with Crippen molar-refractivity contribution in [2.75, 3.05) is 19.3 Å². The van der Waals surface area contributed by atoms with Crippen LogP contribution in [0.4, 0.5) is 0 Å². The van der Waals surface area contributed by atoms with Crippen LogP contribution >= 0.6 is 0 Å². The molecule has 0 aromatic carbocycles. The largest absolute Gasteiger partial charge is 0.297 e. The van der Waals surface area contributed by atoms with Gasteiger partial charge in [-0.05, 0) is 24.7 Å². The Kier molecular flexibility index (Phi) is 5.85. The topological polar surface area (TPSA) is 78.1 Å². The SMILES string of the molecule is CC(C)[C@@H]1CN(Cc2cn[nH]c2C2CCCCC2)C[C@H]1NS(C)(=O)=O. The first-order chi connectivity index (χ1) is 11.8. The maximum absolute atomic E-state index is 11.7. The summed E-state index contributed by atoms with van der Waals surface area (Å²) in [6.45, 7) is 6.91. The lowest BCUT2D eigenvalue weighted by Gasteiger charge is -2.23. The van der Waals surface area contributed by atoms with Crippen LogP contribution in [0.15, 0.2) is 6.20 Å². The van der Waals surface area contributed by atoms with Crippen molar-refractivity contribution in [2.24, 2.45) is 11.8 Å². The van der Waals surface area contributed by atoms with Crippen LogP contribution in [0.5, 0.6) is 0 Å². The lowest BCUT2D eigenvalue weighted by molar-refractivity contribution is 0.294. The van der Waals surface area contributed by atoms with E-state index in [2.05, 4.69) is 33.7 Å². The van der Waals surface area contributed by atoms with Crippen LogP contribution < -0.4 is 4.72 Å². The molecule has 2 fully saturated rings. The third-order valence-electron chi connectivity index (χ3n) is 5.82. The molecule has 1 saturated carbocycles. The maximum atomic E-state index is 11.7. The molecule has 1 aromatic heterocycles. The van der Waals surface area contributed by atoms with E-state index in [9.17, 15) is 8.42 Å². The van der Waals surface area contributed by atoms with Gasteiger partial charge < -0.3 is 0 Å². The summed E-state index contributed by atoms with van der Waals surface area (Å²) in [5, 5.41) is 7.55. The van der Waals surface area contributed by atoms with Crippen LogP contribution in [-0.4, -0.2) is 48.9 Å². The van der Waals surface area contributed by atoms with Crippen LogP contribution in [0.1, 0.15) is 63.1 Å². The Labute approximate surface area is 151 Å². The quantitative estimate of drug-likeness (QED) is 0.808. The van der Waals surface area contributed by atoms with Crippen LogP contribution in [0, 0.1) is 11.8 Å². The summed E-state index contributed by atoms with van der Waals surface area (Å²) in [5.74, 6) is 1.41. The molecule has 1 saturated heterocycles. The van der Waals surface area contributed by atoms with Crippen LogP contribution in [0.25, 0.3) is 0 Å². The van der Waals surface area contributed by atoms with Gasteiger partial charge in [-0.3, -0.25) is 10.00 Å². The lowest BCUT2D eigenvalue weighted by atomic mass is 9.85. The first kappa shape index (κ1) is 18.9. The standard InChI is InChI=1S/C18H32N4O2S/c1-13(2)16-11-22(12-17(16)21-25(3,23)24)10-15-9-19-20-18(15)14-7-5-4-6-8-14/h9,13-14,16-17,21H,4-8,10-12H2,1-3H3,(H,19,20)/t16-,17+/m0/s1. The van der Waals surface area contributed by atoms with Crippen LogP contribution in [-0.2, 0) is 16.6 Å². The van der Waals surface area contributed by atoms with Gasteiger partial charge in [0, 0.05) is 42.9 Å². The number of aromatic nitrogens is 2. The highest BCUT2D eigenvalue weighted by Crippen LogP contribution is 2.34. The van der Waals surface area contributed by atoms with Crippen molar-refractivity contribution in [3.05, 3.63) is 17.5 Å². The van der Waals surface area contributed by atoms with Crippen molar-refractivity contribution in [3.8, 4) is 0 Å². The maximum Gasteiger partial charge on any atom is 0.209 e.